The van der Waals surface area contributed by atoms with Crippen LogP contribution in [0.1, 0.15) is 41.0 Å². The van der Waals surface area contributed by atoms with Crippen LogP contribution in [0.4, 0.5) is 0 Å². The summed E-state index contributed by atoms with van der Waals surface area (Å²) in [6, 6.07) is 0. The number of ketones is 2. The molecule has 0 fully saturated rings. The standard InChI is InChI=1S/C5H7O2.2C3H8O.Ti/c1-4(6)3-5(2)7;2*1-3(2)4;/h1,3H2,2H3;2*3-4H,1-2H3;/q-1;;;. The van der Waals surface area contributed by atoms with Gasteiger partial charge < -0.3 is 21.9 Å². The summed E-state index contributed by atoms with van der Waals surface area (Å²) in [7, 11) is 0. The van der Waals surface area contributed by atoms with Crippen molar-refractivity contribution < 1.29 is 41.5 Å². The molecule has 0 saturated carbocycles. The molecule has 0 aromatic carbocycles. The van der Waals surface area contributed by atoms with E-state index in [1.807, 2.05) is 0 Å². The van der Waals surface area contributed by atoms with E-state index in [0.717, 1.165) is 0 Å². The Labute approximate surface area is 113 Å². The smallest absolute Gasteiger partial charge is 0.134 e. The molecule has 0 amide bonds. The molecule has 0 bridgehead atoms. The fourth-order valence-corrected chi connectivity index (χ4v) is 0.278. The van der Waals surface area contributed by atoms with Crippen LogP contribution in [0.15, 0.2) is 0 Å². The average molecular weight is 267 g/mol. The molecular weight excluding hydrogens is 244 g/mol. The topological polar surface area (TPSA) is 74.6 Å². The molecular formula is C11H23O4Ti-. The van der Waals surface area contributed by atoms with Gasteiger partial charge in [0, 0.05) is 46.1 Å². The third kappa shape index (κ3) is 155. The maximum atomic E-state index is 9.99. The normalized spacial score (nSPS) is 8.06. The van der Waals surface area contributed by atoms with E-state index in [2.05, 4.69) is 6.92 Å². The van der Waals surface area contributed by atoms with Gasteiger partial charge in [-0.05, 0) is 34.6 Å². The summed E-state index contributed by atoms with van der Waals surface area (Å²) >= 11 is 0. The molecule has 0 aliphatic carbocycles. The van der Waals surface area contributed by atoms with Crippen LogP contribution < -0.4 is 0 Å². The maximum absolute atomic E-state index is 9.99. The summed E-state index contributed by atoms with van der Waals surface area (Å²) in [5.74, 6) is -0.437. The molecule has 16 heavy (non-hydrogen) atoms. The summed E-state index contributed by atoms with van der Waals surface area (Å²) < 4.78 is 0. The average Bonchev–Trinajstić information content (AvgIpc) is 1.78. The van der Waals surface area contributed by atoms with E-state index in [-0.39, 0.29) is 51.9 Å². The summed E-state index contributed by atoms with van der Waals surface area (Å²) in [6.45, 7) is 11.3. The van der Waals surface area contributed by atoms with E-state index in [1.54, 1.807) is 27.7 Å². The van der Waals surface area contributed by atoms with Gasteiger partial charge in [-0.25, -0.2) is 0 Å². The number of hydrogen-bond donors (Lipinski definition) is 2. The Hall–Kier alpha value is -0.156. The zero-order valence-corrected chi connectivity index (χ0v) is 12.3. The summed E-state index contributed by atoms with van der Waals surface area (Å²) in [6.07, 6.45) is -0.361. The number of carbonyl (C=O) groups excluding carboxylic acids is 2. The molecule has 5 heteroatoms. The number of carbonyl (C=O) groups is 2. The zero-order valence-electron chi connectivity index (χ0n) is 10.8. The second-order valence-electron chi connectivity index (χ2n) is 3.60. The first kappa shape index (κ1) is 24.9. The monoisotopic (exact) mass is 267 g/mol. The Morgan fingerprint density at radius 1 is 1.06 bits per heavy atom. The van der Waals surface area contributed by atoms with Gasteiger partial charge in [0.1, 0.15) is 5.78 Å². The Bertz CT molecular complexity index is 144. The second kappa shape index (κ2) is 17.2. The maximum Gasteiger partial charge on any atom is 0.134 e. The van der Waals surface area contributed by atoms with Gasteiger partial charge >= 0.3 is 0 Å². The first-order valence-electron chi connectivity index (χ1n) is 4.79. The molecule has 0 aliphatic heterocycles. The van der Waals surface area contributed by atoms with E-state index in [1.165, 1.54) is 6.92 Å². The van der Waals surface area contributed by atoms with Crippen molar-refractivity contribution in [3.05, 3.63) is 6.92 Å². The van der Waals surface area contributed by atoms with Crippen molar-refractivity contribution in [3.8, 4) is 0 Å². The molecule has 0 atom stereocenters. The summed E-state index contributed by atoms with van der Waals surface area (Å²) in [5, 5.41) is 16.1. The molecule has 0 unspecified atom stereocenters. The van der Waals surface area contributed by atoms with Gasteiger partial charge in [-0.1, -0.05) is 0 Å². The molecule has 0 aliphatic rings. The Balaban J connectivity index is -0.0000000700. The van der Waals surface area contributed by atoms with E-state index >= 15 is 0 Å². The van der Waals surface area contributed by atoms with Gasteiger partial charge in [0.2, 0.25) is 0 Å². The van der Waals surface area contributed by atoms with Crippen LogP contribution in [0.25, 0.3) is 0 Å². The molecule has 0 aromatic heterocycles. The van der Waals surface area contributed by atoms with Gasteiger partial charge in [0.05, 0.1) is 0 Å². The van der Waals surface area contributed by atoms with Crippen LogP contribution >= 0.6 is 0 Å². The van der Waals surface area contributed by atoms with Crippen LogP contribution in [0.2, 0.25) is 0 Å². The number of rotatable bonds is 2. The zero-order chi connectivity index (χ0) is 13.0. The first-order valence-corrected chi connectivity index (χ1v) is 4.79. The Morgan fingerprint density at radius 2 is 1.25 bits per heavy atom. The summed E-state index contributed by atoms with van der Waals surface area (Å²) in [5.41, 5.74) is 0. The minimum absolute atomic E-state index is 0. The van der Waals surface area contributed by atoms with E-state index in [0.29, 0.717) is 0 Å². The molecule has 0 rings (SSSR count). The van der Waals surface area contributed by atoms with Crippen molar-refractivity contribution in [2.24, 2.45) is 0 Å². The minimum atomic E-state index is -0.312. The van der Waals surface area contributed by atoms with Crippen LogP contribution in [0, 0.1) is 6.92 Å². The quantitative estimate of drug-likeness (QED) is 0.447. The van der Waals surface area contributed by atoms with Crippen LogP contribution in [-0.4, -0.2) is 34.0 Å². The molecule has 0 radical (unpaired) electrons. The van der Waals surface area contributed by atoms with Crippen molar-refractivity contribution in [1.82, 2.24) is 0 Å². The second-order valence-corrected chi connectivity index (χ2v) is 3.60. The van der Waals surface area contributed by atoms with Crippen LogP contribution in [0.3, 0.4) is 0 Å². The van der Waals surface area contributed by atoms with E-state index in [9.17, 15) is 9.59 Å². The fourth-order valence-electron chi connectivity index (χ4n) is 0.278. The molecule has 2 N–H and O–H groups in total. The predicted molar refractivity (Wildman–Crippen MR) is 60.4 cm³/mol. The number of aliphatic hydroxyl groups is 2. The van der Waals surface area contributed by atoms with Crippen molar-refractivity contribution in [2.75, 3.05) is 0 Å². The largest absolute Gasteiger partial charge is 0.394 e. The first-order chi connectivity index (χ1) is 6.59. The van der Waals surface area contributed by atoms with Gasteiger partial charge in [-0.3, -0.25) is 4.79 Å². The van der Waals surface area contributed by atoms with Gasteiger partial charge in [-0.15, -0.1) is 0 Å². The molecule has 96 valence electrons. The van der Waals surface area contributed by atoms with E-state index in [4.69, 9.17) is 10.2 Å². The third-order valence-electron chi connectivity index (χ3n) is 0.446. The van der Waals surface area contributed by atoms with E-state index < -0.39 is 0 Å². The Morgan fingerprint density at radius 3 is 1.25 bits per heavy atom. The molecule has 4 nitrogen and oxygen atoms in total. The Kier molecular flexibility index (Phi) is 26.8. The SMILES string of the molecule is CC(C)O.CC(C)O.[CH2-]C(=O)CC(C)=O.[Ti]. The van der Waals surface area contributed by atoms with Gasteiger partial charge in [0.15, 0.2) is 0 Å². The number of Topliss-reactive ketones (excluding diaryl/α,β-unsaturated/α-hetero) is 2. The van der Waals surface area contributed by atoms with Crippen molar-refractivity contribution >= 4 is 11.6 Å². The summed E-state index contributed by atoms with van der Waals surface area (Å²) in [4.78, 5) is 19.9. The van der Waals surface area contributed by atoms with Gasteiger partial charge in [-0.2, -0.15) is 0 Å². The molecule has 0 spiro atoms. The fraction of sp³-hybridized carbons (Fsp3) is 0.727. The van der Waals surface area contributed by atoms with Crippen molar-refractivity contribution in [3.63, 3.8) is 0 Å². The molecule has 0 saturated heterocycles. The predicted octanol–water partition coefficient (Wildman–Crippen LogP) is 1.14. The minimum Gasteiger partial charge on any atom is -0.394 e. The molecule has 0 aromatic rings. The van der Waals surface area contributed by atoms with Gasteiger partial charge in [0.25, 0.3) is 0 Å². The van der Waals surface area contributed by atoms with Crippen LogP contribution in [0.5, 0.6) is 0 Å². The number of hydrogen-bond acceptors (Lipinski definition) is 4. The number of aliphatic hydroxyl groups excluding tert-OH is 2. The third-order valence-corrected chi connectivity index (χ3v) is 0.446. The van der Waals surface area contributed by atoms with Crippen molar-refractivity contribution in [1.29, 1.82) is 0 Å². The van der Waals surface area contributed by atoms with Crippen LogP contribution in [-0.2, 0) is 31.3 Å². The molecule has 0 heterocycles. The van der Waals surface area contributed by atoms with Crippen molar-refractivity contribution in [2.45, 2.75) is 53.2 Å².